The molecular formula is C22H20N4. The summed E-state index contributed by atoms with van der Waals surface area (Å²) in [6, 6.07) is 20.5. The van der Waals surface area contributed by atoms with Gasteiger partial charge in [-0.15, -0.1) is 0 Å². The first-order valence-electron chi connectivity index (χ1n) is 8.65. The van der Waals surface area contributed by atoms with Gasteiger partial charge in [0.15, 0.2) is 5.82 Å². The standard InChI is InChI=1S/C22H20N4/c1-16-8-3-4-9-18(16)15-26(2)22-19-11-5-6-12-20(19)24-21(25-22)17-10-7-13-23-14-17/h3-14H,15H2,1-2H3. The first-order chi connectivity index (χ1) is 12.7. The fourth-order valence-corrected chi connectivity index (χ4v) is 3.09. The minimum Gasteiger partial charge on any atom is -0.355 e. The zero-order valence-electron chi connectivity index (χ0n) is 14.9. The van der Waals surface area contributed by atoms with Gasteiger partial charge >= 0.3 is 0 Å². The number of benzene rings is 2. The molecule has 4 rings (SSSR count). The quantitative estimate of drug-likeness (QED) is 0.543. The molecule has 0 aliphatic heterocycles. The molecule has 0 amide bonds. The van der Waals surface area contributed by atoms with Crippen molar-refractivity contribution in [3.63, 3.8) is 0 Å². The van der Waals surface area contributed by atoms with Gasteiger partial charge in [-0.3, -0.25) is 4.98 Å². The van der Waals surface area contributed by atoms with Crippen molar-refractivity contribution < 1.29 is 0 Å². The number of pyridine rings is 1. The fourth-order valence-electron chi connectivity index (χ4n) is 3.09. The van der Waals surface area contributed by atoms with Gasteiger partial charge < -0.3 is 4.90 Å². The third kappa shape index (κ3) is 3.14. The van der Waals surface area contributed by atoms with Crippen molar-refractivity contribution in [2.24, 2.45) is 0 Å². The van der Waals surface area contributed by atoms with Crippen LogP contribution >= 0.6 is 0 Å². The molecular weight excluding hydrogens is 320 g/mol. The van der Waals surface area contributed by atoms with Gasteiger partial charge in [0.2, 0.25) is 0 Å². The van der Waals surface area contributed by atoms with Crippen LogP contribution in [0.3, 0.4) is 0 Å². The van der Waals surface area contributed by atoms with Crippen molar-refractivity contribution >= 4 is 16.7 Å². The average Bonchev–Trinajstić information content (AvgIpc) is 2.69. The van der Waals surface area contributed by atoms with Gasteiger partial charge in [-0.25, -0.2) is 9.97 Å². The molecule has 4 nitrogen and oxygen atoms in total. The molecule has 0 fully saturated rings. The van der Waals surface area contributed by atoms with E-state index in [1.807, 2.05) is 30.3 Å². The zero-order valence-corrected chi connectivity index (χ0v) is 14.9. The molecule has 0 spiro atoms. The summed E-state index contributed by atoms with van der Waals surface area (Å²) in [5.74, 6) is 1.63. The van der Waals surface area contributed by atoms with E-state index in [0.717, 1.165) is 28.8 Å². The average molecular weight is 340 g/mol. The molecule has 0 aliphatic carbocycles. The highest BCUT2D eigenvalue weighted by molar-refractivity contribution is 5.90. The van der Waals surface area contributed by atoms with Crippen LogP contribution in [0.4, 0.5) is 5.82 Å². The molecule has 0 saturated heterocycles. The lowest BCUT2D eigenvalue weighted by Crippen LogP contribution is -2.19. The molecule has 2 heterocycles. The molecule has 0 N–H and O–H groups in total. The minimum atomic E-state index is 0.698. The number of rotatable bonds is 4. The number of aryl methyl sites for hydroxylation is 1. The monoisotopic (exact) mass is 340 g/mol. The number of fused-ring (bicyclic) bond motifs is 1. The number of hydrogen-bond acceptors (Lipinski definition) is 4. The van der Waals surface area contributed by atoms with Crippen molar-refractivity contribution in [3.05, 3.63) is 84.2 Å². The SMILES string of the molecule is Cc1ccccc1CN(C)c1nc(-c2cccnc2)nc2ccccc12. The van der Waals surface area contributed by atoms with Crippen LogP contribution in [0.25, 0.3) is 22.3 Å². The van der Waals surface area contributed by atoms with E-state index in [-0.39, 0.29) is 0 Å². The molecule has 2 aromatic heterocycles. The molecule has 0 radical (unpaired) electrons. The smallest absolute Gasteiger partial charge is 0.163 e. The Labute approximate surface area is 153 Å². The van der Waals surface area contributed by atoms with E-state index >= 15 is 0 Å². The molecule has 128 valence electrons. The first kappa shape index (κ1) is 16.2. The van der Waals surface area contributed by atoms with Crippen molar-refractivity contribution in [2.45, 2.75) is 13.5 Å². The molecule has 4 aromatic rings. The van der Waals surface area contributed by atoms with Crippen molar-refractivity contribution in [1.82, 2.24) is 15.0 Å². The molecule has 0 unspecified atom stereocenters. The van der Waals surface area contributed by atoms with Crippen molar-refractivity contribution in [2.75, 3.05) is 11.9 Å². The van der Waals surface area contributed by atoms with Crippen LogP contribution in [0.2, 0.25) is 0 Å². The topological polar surface area (TPSA) is 41.9 Å². The van der Waals surface area contributed by atoms with E-state index < -0.39 is 0 Å². The number of aromatic nitrogens is 3. The highest BCUT2D eigenvalue weighted by Gasteiger charge is 2.13. The molecule has 0 aliphatic rings. The highest BCUT2D eigenvalue weighted by atomic mass is 15.2. The number of anilines is 1. The lowest BCUT2D eigenvalue weighted by atomic mass is 10.1. The Morgan fingerprint density at radius 2 is 1.69 bits per heavy atom. The lowest BCUT2D eigenvalue weighted by molar-refractivity contribution is 0.894. The van der Waals surface area contributed by atoms with Crippen LogP contribution in [0.1, 0.15) is 11.1 Å². The summed E-state index contributed by atoms with van der Waals surface area (Å²) < 4.78 is 0. The van der Waals surface area contributed by atoms with Crippen LogP contribution in [0, 0.1) is 6.92 Å². The van der Waals surface area contributed by atoms with Crippen LogP contribution in [-0.2, 0) is 6.54 Å². The summed E-state index contributed by atoms with van der Waals surface area (Å²) in [7, 11) is 2.08. The second-order valence-corrected chi connectivity index (χ2v) is 6.41. The third-order valence-corrected chi connectivity index (χ3v) is 4.53. The Hall–Kier alpha value is -3.27. The Kier molecular flexibility index (Phi) is 4.32. The van der Waals surface area contributed by atoms with Gasteiger partial charge in [-0.2, -0.15) is 0 Å². The lowest BCUT2D eigenvalue weighted by Gasteiger charge is -2.21. The third-order valence-electron chi connectivity index (χ3n) is 4.53. The van der Waals surface area contributed by atoms with Gasteiger partial charge in [0.05, 0.1) is 5.52 Å². The van der Waals surface area contributed by atoms with Crippen LogP contribution in [0.15, 0.2) is 73.1 Å². The van der Waals surface area contributed by atoms with E-state index in [2.05, 4.69) is 54.2 Å². The predicted octanol–water partition coefficient (Wildman–Crippen LogP) is 4.64. The predicted molar refractivity (Wildman–Crippen MR) is 106 cm³/mol. The van der Waals surface area contributed by atoms with Crippen LogP contribution < -0.4 is 4.90 Å². The summed E-state index contributed by atoms with van der Waals surface area (Å²) in [6.07, 6.45) is 3.56. The molecule has 4 heteroatoms. The van der Waals surface area contributed by atoms with E-state index in [1.165, 1.54) is 11.1 Å². The fraction of sp³-hybridized carbons (Fsp3) is 0.136. The second kappa shape index (κ2) is 6.92. The molecule has 0 saturated carbocycles. The second-order valence-electron chi connectivity index (χ2n) is 6.41. The maximum absolute atomic E-state index is 4.87. The number of para-hydroxylation sites is 1. The zero-order chi connectivity index (χ0) is 17.9. The van der Waals surface area contributed by atoms with Crippen LogP contribution in [0.5, 0.6) is 0 Å². The van der Waals surface area contributed by atoms with Gasteiger partial charge in [0.25, 0.3) is 0 Å². The van der Waals surface area contributed by atoms with E-state index in [4.69, 9.17) is 9.97 Å². The summed E-state index contributed by atoms with van der Waals surface area (Å²) in [5.41, 5.74) is 4.43. The van der Waals surface area contributed by atoms with Crippen LogP contribution in [-0.4, -0.2) is 22.0 Å². The minimum absolute atomic E-state index is 0.698. The van der Waals surface area contributed by atoms with E-state index in [1.54, 1.807) is 12.4 Å². The summed E-state index contributed by atoms with van der Waals surface area (Å²) in [6.45, 7) is 2.93. The maximum atomic E-state index is 4.87. The van der Waals surface area contributed by atoms with E-state index in [0.29, 0.717) is 5.82 Å². The molecule has 0 atom stereocenters. The number of hydrogen-bond donors (Lipinski definition) is 0. The number of nitrogens with zero attached hydrogens (tertiary/aromatic N) is 4. The Balaban J connectivity index is 1.81. The summed E-state index contributed by atoms with van der Waals surface area (Å²) in [4.78, 5) is 16.0. The van der Waals surface area contributed by atoms with Gasteiger partial charge in [-0.05, 0) is 42.3 Å². The molecule has 0 bridgehead atoms. The molecule has 26 heavy (non-hydrogen) atoms. The van der Waals surface area contributed by atoms with E-state index in [9.17, 15) is 0 Å². The van der Waals surface area contributed by atoms with Gasteiger partial charge in [-0.1, -0.05) is 36.4 Å². The molecule has 2 aromatic carbocycles. The Morgan fingerprint density at radius 3 is 2.50 bits per heavy atom. The summed E-state index contributed by atoms with van der Waals surface area (Å²) in [5, 5.41) is 1.05. The van der Waals surface area contributed by atoms with Crippen molar-refractivity contribution in [1.29, 1.82) is 0 Å². The Bertz CT molecular complexity index is 1040. The largest absolute Gasteiger partial charge is 0.355 e. The first-order valence-corrected chi connectivity index (χ1v) is 8.65. The van der Waals surface area contributed by atoms with Crippen molar-refractivity contribution in [3.8, 4) is 11.4 Å². The normalized spacial score (nSPS) is 10.8. The van der Waals surface area contributed by atoms with Gasteiger partial charge in [0, 0.05) is 36.9 Å². The maximum Gasteiger partial charge on any atom is 0.163 e. The Morgan fingerprint density at radius 1 is 0.885 bits per heavy atom. The van der Waals surface area contributed by atoms with Gasteiger partial charge in [0.1, 0.15) is 5.82 Å². The summed E-state index contributed by atoms with van der Waals surface area (Å²) >= 11 is 0. The highest BCUT2D eigenvalue weighted by Crippen LogP contribution is 2.27.